The topological polar surface area (TPSA) is 149 Å². The Hall–Kier alpha value is -1.07. The minimum absolute atomic E-state index is 0.146. The average molecular weight is 742 g/mol. The number of carbonyl (C=O) groups excluding carboxylic acids is 1. The van der Waals surface area contributed by atoms with Crippen LogP contribution in [0.5, 0.6) is 0 Å². The molecule has 0 aromatic carbocycles. The zero-order chi connectivity index (χ0) is 38.1. The van der Waals surface area contributed by atoms with E-state index in [9.17, 15) is 30.3 Å². The van der Waals surface area contributed by atoms with Gasteiger partial charge < -0.3 is 40.3 Å². The smallest absolute Gasteiger partial charge is 0.220 e. The van der Waals surface area contributed by atoms with Crippen molar-refractivity contribution in [2.24, 2.45) is 0 Å². The van der Waals surface area contributed by atoms with Crippen LogP contribution in [0.1, 0.15) is 200 Å². The van der Waals surface area contributed by atoms with Crippen molar-refractivity contribution in [3.05, 3.63) is 12.2 Å². The molecule has 52 heavy (non-hydrogen) atoms. The summed E-state index contributed by atoms with van der Waals surface area (Å²) >= 11 is 0. The molecule has 0 saturated carbocycles. The van der Waals surface area contributed by atoms with E-state index in [1.807, 2.05) is 0 Å². The van der Waals surface area contributed by atoms with E-state index in [1.165, 1.54) is 128 Å². The first-order valence-electron chi connectivity index (χ1n) is 21.9. The van der Waals surface area contributed by atoms with Crippen molar-refractivity contribution in [2.45, 2.75) is 243 Å². The van der Waals surface area contributed by atoms with Crippen molar-refractivity contribution >= 4 is 5.91 Å². The summed E-state index contributed by atoms with van der Waals surface area (Å²) in [5, 5.41) is 54.1. The van der Waals surface area contributed by atoms with Gasteiger partial charge in [-0.2, -0.15) is 0 Å². The number of aliphatic hydroxyl groups is 5. The maximum atomic E-state index is 12.9. The van der Waals surface area contributed by atoms with E-state index in [0.29, 0.717) is 12.8 Å². The van der Waals surface area contributed by atoms with Crippen molar-refractivity contribution in [3.63, 3.8) is 0 Å². The predicted molar refractivity (Wildman–Crippen MR) is 212 cm³/mol. The quantitative estimate of drug-likeness (QED) is 0.0277. The highest BCUT2D eigenvalue weighted by molar-refractivity contribution is 5.76. The molecular formula is C43H83NO8. The molecule has 308 valence electrons. The molecule has 0 aromatic heterocycles. The zero-order valence-corrected chi connectivity index (χ0v) is 33.6. The van der Waals surface area contributed by atoms with Crippen LogP contribution in [0.2, 0.25) is 0 Å². The first kappa shape index (κ1) is 48.9. The zero-order valence-electron chi connectivity index (χ0n) is 33.6. The normalized spacial score (nSPS) is 21.9. The van der Waals surface area contributed by atoms with Crippen molar-refractivity contribution in [3.8, 4) is 0 Å². The number of aliphatic hydroxyl groups excluding tert-OH is 5. The minimum atomic E-state index is -1.55. The van der Waals surface area contributed by atoms with Crippen LogP contribution in [0.25, 0.3) is 0 Å². The first-order valence-corrected chi connectivity index (χ1v) is 21.9. The number of nitrogens with one attached hydrogen (secondary N) is 1. The Labute approximate surface area is 318 Å². The standard InChI is InChI=1S/C43H83NO8/c1-3-5-7-9-11-13-15-16-17-18-19-20-21-23-25-27-29-31-33-39(47)44-36(35-51-43-42(50)41(49)40(48)38(34-45)52-43)37(46)32-30-28-26-24-22-14-12-10-8-6-4-2/h22,24,36-38,40-43,45-46,48-50H,3-21,23,25-35H2,1-2H3,(H,44,47)/b24-22+/t36-,37+,38-,40-,41?,42?,43-/m0/s1. The third-order valence-corrected chi connectivity index (χ3v) is 10.6. The molecule has 7 atom stereocenters. The Morgan fingerprint density at radius 2 is 1.08 bits per heavy atom. The van der Waals surface area contributed by atoms with Crippen LogP contribution in [0, 0.1) is 0 Å². The van der Waals surface area contributed by atoms with Gasteiger partial charge in [-0.05, 0) is 38.5 Å². The van der Waals surface area contributed by atoms with Gasteiger partial charge in [-0.15, -0.1) is 0 Å². The van der Waals surface area contributed by atoms with Crippen LogP contribution >= 0.6 is 0 Å². The van der Waals surface area contributed by atoms with E-state index in [1.54, 1.807) is 0 Å². The molecule has 0 aliphatic carbocycles. The van der Waals surface area contributed by atoms with Gasteiger partial charge in [0.2, 0.25) is 5.91 Å². The summed E-state index contributed by atoms with van der Waals surface area (Å²) in [6.45, 7) is 3.80. The molecule has 9 heteroatoms. The molecule has 0 bridgehead atoms. The highest BCUT2D eigenvalue weighted by Gasteiger charge is 2.44. The molecule has 1 rings (SSSR count). The summed E-state index contributed by atoms with van der Waals surface area (Å²) in [4.78, 5) is 12.9. The molecule has 0 aromatic rings. The summed E-state index contributed by atoms with van der Waals surface area (Å²) in [6, 6.07) is -0.728. The largest absolute Gasteiger partial charge is 0.394 e. The van der Waals surface area contributed by atoms with Crippen LogP contribution in [-0.2, 0) is 14.3 Å². The first-order chi connectivity index (χ1) is 25.3. The summed E-state index contributed by atoms with van der Waals surface area (Å²) < 4.78 is 11.2. The van der Waals surface area contributed by atoms with Gasteiger partial charge in [0.05, 0.1) is 25.4 Å². The molecule has 1 aliphatic heterocycles. The molecule has 9 nitrogen and oxygen atoms in total. The molecule has 1 saturated heterocycles. The van der Waals surface area contributed by atoms with Crippen molar-refractivity contribution in [1.29, 1.82) is 0 Å². The van der Waals surface area contributed by atoms with Gasteiger partial charge >= 0.3 is 0 Å². The highest BCUT2D eigenvalue weighted by atomic mass is 16.7. The lowest BCUT2D eigenvalue weighted by molar-refractivity contribution is -0.302. The number of rotatable bonds is 36. The van der Waals surface area contributed by atoms with E-state index in [0.717, 1.165) is 44.9 Å². The van der Waals surface area contributed by atoms with Crippen LogP contribution in [-0.4, -0.2) is 87.5 Å². The Morgan fingerprint density at radius 1 is 0.635 bits per heavy atom. The van der Waals surface area contributed by atoms with Gasteiger partial charge in [-0.3, -0.25) is 4.79 Å². The van der Waals surface area contributed by atoms with Gasteiger partial charge in [-0.1, -0.05) is 167 Å². The Morgan fingerprint density at radius 3 is 1.56 bits per heavy atom. The Kier molecular flexibility index (Phi) is 32.4. The second-order valence-electron chi connectivity index (χ2n) is 15.5. The van der Waals surface area contributed by atoms with E-state index >= 15 is 0 Å². The number of amides is 1. The third-order valence-electron chi connectivity index (χ3n) is 10.6. The fraction of sp³-hybridized carbons (Fsp3) is 0.930. The fourth-order valence-electron chi connectivity index (χ4n) is 7.04. The second-order valence-corrected chi connectivity index (χ2v) is 15.5. The fourth-order valence-corrected chi connectivity index (χ4v) is 7.04. The van der Waals surface area contributed by atoms with E-state index in [4.69, 9.17) is 9.47 Å². The lowest BCUT2D eigenvalue weighted by Gasteiger charge is -2.40. The van der Waals surface area contributed by atoms with Gasteiger partial charge in [0.15, 0.2) is 6.29 Å². The third kappa shape index (κ3) is 25.1. The molecule has 1 aliphatic rings. The lowest BCUT2D eigenvalue weighted by atomic mass is 9.99. The molecule has 6 N–H and O–H groups in total. The second kappa shape index (κ2) is 34.4. The number of allylic oxidation sites excluding steroid dienone is 2. The average Bonchev–Trinajstić information content (AvgIpc) is 3.14. The van der Waals surface area contributed by atoms with E-state index in [2.05, 4.69) is 31.3 Å². The van der Waals surface area contributed by atoms with Gasteiger partial charge in [-0.25, -0.2) is 0 Å². The van der Waals surface area contributed by atoms with E-state index in [-0.39, 0.29) is 12.5 Å². The van der Waals surface area contributed by atoms with Crippen molar-refractivity contribution in [2.75, 3.05) is 13.2 Å². The number of ether oxygens (including phenoxy) is 2. The number of hydrogen-bond acceptors (Lipinski definition) is 8. The van der Waals surface area contributed by atoms with Crippen LogP contribution < -0.4 is 5.32 Å². The molecule has 1 amide bonds. The lowest BCUT2D eigenvalue weighted by Crippen LogP contribution is -2.60. The van der Waals surface area contributed by atoms with Crippen LogP contribution in [0.3, 0.4) is 0 Å². The van der Waals surface area contributed by atoms with Gasteiger partial charge in [0.25, 0.3) is 0 Å². The summed E-state index contributed by atoms with van der Waals surface area (Å²) in [5.74, 6) is -0.153. The van der Waals surface area contributed by atoms with E-state index < -0.39 is 49.5 Å². The van der Waals surface area contributed by atoms with Crippen LogP contribution in [0.15, 0.2) is 12.2 Å². The SMILES string of the molecule is CCCCCCC/C=C/CCCC[C@@H](O)[C@H](CO[C@H]1O[C@@H](CO)[C@H](O)C(O)C1O)NC(=O)CCCCCCCCCCCCCCCCCCCC. The summed E-state index contributed by atoms with van der Waals surface area (Å²) in [7, 11) is 0. The number of hydrogen-bond donors (Lipinski definition) is 6. The summed E-state index contributed by atoms with van der Waals surface area (Å²) in [6.07, 6.45) is 30.8. The number of unbranched alkanes of at least 4 members (excludes halogenated alkanes) is 24. The van der Waals surface area contributed by atoms with Crippen LogP contribution in [0.4, 0.5) is 0 Å². The molecule has 1 heterocycles. The predicted octanol–water partition coefficient (Wildman–Crippen LogP) is 8.56. The Balaban J connectivity index is 2.32. The molecular weight excluding hydrogens is 658 g/mol. The monoisotopic (exact) mass is 742 g/mol. The maximum Gasteiger partial charge on any atom is 0.220 e. The Bertz CT molecular complexity index is 827. The van der Waals surface area contributed by atoms with Gasteiger partial charge in [0.1, 0.15) is 24.4 Å². The molecule has 1 fully saturated rings. The number of carbonyl (C=O) groups is 1. The van der Waals surface area contributed by atoms with Gasteiger partial charge in [0, 0.05) is 6.42 Å². The van der Waals surface area contributed by atoms with Crippen molar-refractivity contribution < 1.29 is 39.8 Å². The molecule has 0 radical (unpaired) electrons. The minimum Gasteiger partial charge on any atom is -0.394 e. The van der Waals surface area contributed by atoms with Crippen molar-refractivity contribution in [1.82, 2.24) is 5.32 Å². The highest BCUT2D eigenvalue weighted by Crippen LogP contribution is 2.23. The maximum absolute atomic E-state index is 12.9. The molecule has 0 spiro atoms. The summed E-state index contributed by atoms with van der Waals surface area (Å²) in [5.41, 5.74) is 0. The molecule has 2 unspecified atom stereocenters.